The minimum atomic E-state index is -4.48. The molecule has 110 heavy (non-hydrogen) atoms. The average molecular weight is 1660 g/mol. The number of benzene rings is 3. The number of hydrogen-bond donors (Lipinski definition) is 6. The van der Waals surface area contributed by atoms with Crippen LogP contribution < -0.4 is 49.0 Å². The summed E-state index contributed by atoms with van der Waals surface area (Å²) in [6.07, 6.45) is -3.94. The molecule has 9 aromatic rings. The number of pyridine rings is 3. The molecule has 3 aliphatic carbocycles. The summed E-state index contributed by atoms with van der Waals surface area (Å²) in [6.45, 7) is 4.68. The lowest BCUT2D eigenvalue weighted by Gasteiger charge is -2.28. The summed E-state index contributed by atoms with van der Waals surface area (Å²) in [5, 5.41) is 13.6. The Bertz CT molecular complexity index is 5270. The molecule has 3 aromatic carbocycles. The average Bonchev–Trinajstić information content (AvgIpc) is 1.58. The van der Waals surface area contributed by atoms with Gasteiger partial charge in [-0.2, -0.15) is 39.5 Å². The minimum Gasteiger partial charge on any atom is -0.384 e. The van der Waals surface area contributed by atoms with Gasteiger partial charge in [0.1, 0.15) is 99.3 Å². The van der Waals surface area contributed by atoms with E-state index in [0.717, 1.165) is 46.3 Å². The molecule has 574 valence electrons. The number of fused-ring (bicyclic) bond motifs is 3. The van der Waals surface area contributed by atoms with Crippen LogP contribution in [0.15, 0.2) is 164 Å². The maximum Gasteiger partial charge on any atom is 0.413 e. The van der Waals surface area contributed by atoms with Crippen LogP contribution in [0.3, 0.4) is 0 Å². The van der Waals surface area contributed by atoms with E-state index in [0.29, 0.717) is 55.2 Å². The smallest absolute Gasteiger partial charge is 0.384 e. The largest absolute Gasteiger partial charge is 0.413 e. The van der Waals surface area contributed by atoms with Crippen molar-refractivity contribution in [3.8, 4) is 0 Å². The van der Waals surface area contributed by atoms with Crippen molar-refractivity contribution in [3.05, 3.63) is 264 Å². The molecule has 6 aromatic heterocycles. The highest BCUT2D eigenvalue weighted by atomic mass is 79.9. The second-order valence-electron chi connectivity index (χ2n) is 26.1. The SMILES string of the molecule is C.CC1(c2cccc(F)c2)NC(=O)c2c(Cl)cc(Br)c(=O)n21.CC1(c2cccc(F)c2)NC(=O)c2c(Cl)cc(Nc3cc(/C=C(/C4CC4)C(F)(F)F)ncn3)c(=O)n21.CC1(c2cccc(F)c2)NC(=O)c2c(Cl)cc(Nc3cc(/C=C(/C4CC4)C(F)(F)F)ncn3)c(=O)n21.Nc1cc(/C=C(/C2CC2)C(F)(F)F)ncn1. The van der Waals surface area contributed by atoms with Crippen molar-refractivity contribution in [2.24, 2.45) is 17.8 Å². The molecular weight excluding hydrogens is 1600 g/mol. The van der Waals surface area contributed by atoms with Gasteiger partial charge in [0, 0.05) is 51.6 Å². The number of aromatic nitrogens is 9. The first-order valence-electron chi connectivity index (χ1n) is 32.7. The fourth-order valence-corrected chi connectivity index (χ4v) is 13.9. The van der Waals surface area contributed by atoms with Crippen LogP contribution in [0.5, 0.6) is 0 Å². The second-order valence-corrected chi connectivity index (χ2v) is 28.2. The van der Waals surface area contributed by atoms with Gasteiger partial charge in [-0.15, -0.1) is 0 Å². The van der Waals surface area contributed by atoms with Crippen molar-refractivity contribution in [1.29, 1.82) is 0 Å². The van der Waals surface area contributed by atoms with Crippen LogP contribution in [0.2, 0.25) is 15.1 Å². The van der Waals surface area contributed by atoms with Gasteiger partial charge in [0.05, 0.1) is 36.6 Å². The van der Waals surface area contributed by atoms with Gasteiger partial charge in [-0.25, -0.2) is 43.1 Å². The molecule has 7 N–H and O–H groups in total. The standard InChI is InChI=1S/2C24H18ClF4N5O2.C14H9BrClFN2O2.C10H10F3N3.CH4/c2*1-23(13-3-2-4-14(26)7-13)33-21(35)20-17(25)10-18(22(36)34(20)23)32-19-9-15(30-11-31-19)8-16(12-5-6-12)24(27,28)29;1-14(7-3-2-4-8(17)5-7)18-12(20)11-10(16)6-9(15)13(21)19(11)14;11-10(12,13)8(6-1-2-6)3-7-4-9(14)16-5-15-7;/h2*2-4,7-12H,5-6H2,1H3,(H,33,35)(H,30,31,32);2-6H,1H3,(H,18,20);3-6H,1-2H2,(H2,14,15,16);1H4/b2*16-8-;;8-3-;. The number of nitrogens with one attached hydrogen (secondary N) is 5. The highest BCUT2D eigenvalue weighted by Crippen LogP contribution is 2.48. The maximum atomic E-state index is 13.9. The zero-order chi connectivity index (χ0) is 78.8. The Labute approximate surface area is 638 Å². The molecule has 3 aliphatic heterocycles. The lowest BCUT2D eigenvalue weighted by Crippen LogP contribution is -2.46. The summed E-state index contributed by atoms with van der Waals surface area (Å²) in [6, 6.07) is 24.3. The van der Waals surface area contributed by atoms with Crippen LogP contribution in [0.4, 0.5) is 81.5 Å². The first kappa shape index (κ1) is 80.3. The molecule has 0 bridgehead atoms. The highest BCUT2D eigenvalue weighted by molar-refractivity contribution is 9.10. The van der Waals surface area contributed by atoms with Gasteiger partial charge >= 0.3 is 18.5 Å². The van der Waals surface area contributed by atoms with Crippen molar-refractivity contribution in [2.45, 2.75) is 102 Å². The van der Waals surface area contributed by atoms with Gasteiger partial charge in [0.15, 0.2) is 0 Å². The maximum absolute atomic E-state index is 13.9. The second kappa shape index (κ2) is 30.6. The van der Waals surface area contributed by atoms with Gasteiger partial charge < -0.3 is 32.3 Å². The number of nitrogens with two attached hydrogens (primary N) is 1. The third-order valence-corrected chi connectivity index (χ3v) is 19.6. The van der Waals surface area contributed by atoms with Gasteiger partial charge in [-0.05, 0) is 166 Å². The quantitative estimate of drug-likeness (QED) is 0.0585. The normalized spacial score (nSPS) is 19.3. The van der Waals surface area contributed by atoms with E-state index in [2.05, 4.69) is 72.4 Å². The molecule has 3 unspecified atom stereocenters. The fraction of sp³-hybridized carbons (Fsp3) is 0.260. The number of nitrogens with zero attached hydrogens (tertiary/aromatic N) is 9. The molecule has 6 aliphatic rings. The van der Waals surface area contributed by atoms with Crippen LogP contribution in [0, 0.1) is 35.2 Å². The molecule has 37 heteroatoms. The number of nitrogen functional groups attached to an aromatic ring is 1. The molecule has 3 amide bonds. The lowest BCUT2D eigenvalue weighted by atomic mass is 10.0. The number of carbonyl (C=O) groups excluding carboxylic acids is 3. The summed E-state index contributed by atoms with van der Waals surface area (Å²) >= 11 is 21.9. The van der Waals surface area contributed by atoms with E-state index in [1.807, 2.05) is 0 Å². The van der Waals surface area contributed by atoms with Crippen LogP contribution in [0.25, 0.3) is 18.2 Å². The molecule has 0 spiro atoms. The van der Waals surface area contributed by atoms with Crippen LogP contribution in [0.1, 0.15) is 132 Å². The van der Waals surface area contributed by atoms with Crippen molar-refractivity contribution >= 4 is 116 Å². The Hall–Kier alpha value is -10.7. The molecule has 3 fully saturated rings. The predicted octanol–water partition coefficient (Wildman–Crippen LogP) is 15.9. The Morgan fingerprint density at radius 3 is 1.06 bits per heavy atom. The van der Waals surface area contributed by atoms with Gasteiger partial charge in [-0.3, -0.25) is 42.5 Å². The molecule has 0 radical (unpaired) electrons. The van der Waals surface area contributed by atoms with Crippen molar-refractivity contribution in [2.75, 3.05) is 16.4 Å². The van der Waals surface area contributed by atoms with Crippen molar-refractivity contribution in [1.82, 2.24) is 59.6 Å². The number of amides is 3. The third kappa shape index (κ3) is 16.9. The number of anilines is 5. The number of alkyl halides is 9. The summed E-state index contributed by atoms with van der Waals surface area (Å²) in [7, 11) is 0. The van der Waals surface area contributed by atoms with Gasteiger partial charge in [0.2, 0.25) is 0 Å². The number of allylic oxidation sites excluding steroid dienone is 3. The molecule has 0 saturated heterocycles. The van der Waals surface area contributed by atoms with E-state index >= 15 is 0 Å². The number of rotatable bonds is 13. The van der Waals surface area contributed by atoms with Crippen molar-refractivity contribution in [3.63, 3.8) is 0 Å². The molecule has 15 rings (SSSR count). The van der Waals surface area contributed by atoms with Crippen LogP contribution in [-0.4, -0.2) is 79.9 Å². The summed E-state index contributed by atoms with van der Waals surface area (Å²) in [4.78, 5) is 100. The zero-order valence-corrected chi connectivity index (χ0v) is 60.3. The van der Waals surface area contributed by atoms with Crippen LogP contribution in [-0.2, 0) is 17.0 Å². The zero-order valence-electron chi connectivity index (χ0n) is 56.4. The molecule has 9 heterocycles. The molecule has 3 saturated carbocycles. The Kier molecular flexibility index (Phi) is 22.4. The van der Waals surface area contributed by atoms with E-state index < -0.39 is 116 Å². The Morgan fingerprint density at radius 1 is 0.464 bits per heavy atom. The fourth-order valence-electron chi connectivity index (χ4n) is 12.5. The Balaban J connectivity index is 0.000000152. The molecular formula is C73H59BrCl3F12N15O6. The van der Waals surface area contributed by atoms with E-state index in [4.69, 9.17) is 40.5 Å². The first-order chi connectivity index (χ1) is 51.2. The van der Waals surface area contributed by atoms with Crippen LogP contribution >= 0.6 is 50.7 Å². The highest BCUT2D eigenvalue weighted by Gasteiger charge is 2.49. The predicted molar refractivity (Wildman–Crippen MR) is 389 cm³/mol. The lowest BCUT2D eigenvalue weighted by molar-refractivity contribution is -0.0953. The topological polar surface area (TPSA) is 281 Å². The third-order valence-electron chi connectivity index (χ3n) is 18.2. The first-order valence-corrected chi connectivity index (χ1v) is 34.6. The molecule has 21 nitrogen and oxygen atoms in total. The van der Waals surface area contributed by atoms with Gasteiger partial charge in [-0.1, -0.05) is 78.6 Å². The summed E-state index contributed by atoms with van der Waals surface area (Å²) in [5.41, 5.74) is -1.37. The van der Waals surface area contributed by atoms with Gasteiger partial charge in [0.25, 0.3) is 34.4 Å². The van der Waals surface area contributed by atoms with E-state index in [9.17, 15) is 81.5 Å². The number of halogens is 16. The van der Waals surface area contributed by atoms with E-state index in [1.165, 1.54) is 109 Å². The van der Waals surface area contributed by atoms with Crippen molar-refractivity contribution < 1.29 is 67.1 Å². The summed E-state index contributed by atoms with van der Waals surface area (Å²) < 4.78 is 163. The Morgan fingerprint density at radius 2 is 0.764 bits per heavy atom. The monoisotopic (exact) mass is 1650 g/mol. The number of hydrogen-bond acceptors (Lipinski definition) is 15. The van der Waals surface area contributed by atoms with E-state index in [-0.39, 0.29) is 95.9 Å². The summed E-state index contributed by atoms with van der Waals surface area (Å²) in [5.74, 6) is -4.51. The number of carbonyl (C=O) groups is 3. The van der Waals surface area contributed by atoms with E-state index in [1.54, 1.807) is 25.1 Å². The molecule has 3 atom stereocenters. The minimum absolute atomic E-state index is 0.